The van der Waals surface area contributed by atoms with Gasteiger partial charge in [-0.05, 0) is 45.7 Å². The number of hydrogen-bond acceptors (Lipinski definition) is 13. The molecule has 0 bridgehead atoms. The Morgan fingerprint density at radius 1 is 1.14 bits per heavy atom. The number of anilines is 1. The summed E-state index contributed by atoms with van der Waals surface area (Å²) in [6, 6.07) is 3.89. The van der Waals surface area contributed by atoms with E-state index in [0.717, 1.165) is 17.4 Å². The number of fused-ring (bicyclic) bond motifs is 1. The normalized spacial score (nSPS) is 12.0. The molecule has 4 rings (SSSR count). The number of amides is 3. The minimum atomic E-state index is -0.885. The first-order chi connectivity index (χ1) is 24.1. The minimum Gasteiger partial charge on any atom is -0.491 e. The van der Waals surface area contributed by atoms with Crippen molar-refractivity contribution in [1.29, 1.82) is 0 Å². The van der Waals surface area contributed by atoms with E-state index in [9.17, 15) is 29.3 Å². The van der Waals surface area contributed by atoms with Gasteiger partial charge in [0.25, 0.3) is 5.69 Å². The first kappa shape index (κ1) is 37.9. The Balaban J connectivity index is 1.58. The number of esters is 1. The second-order valence-electron chi connectivity index (χ2n) is 12.1. The number of aromatic nitrogens is 3. The fraction of sp³-hybridized carbons (Fsp3) is 0.364. The maximum atomic E-state index is 13.2. The van der Waals surface area contributed by atoms with Crippen LogP contribution in [0.3, 0.4) is 0 Å². The fourth-order valence-electron chi connectivity index (χ4n) is 4.75. The number of nitrogens with two attached hydrogens (primary N) is 2. The molecule has 0 atom stereocenters. The van der Waals surface area contributed by atoms with Gasteiger partial charge in [0.15, 0.2) is 22.0 Å². The topological polar surface area (TPSA) is 250 Å². The summed E-state index contributed by atoms with van der Waals surface area (Å²) in [6.07, 6.45) is 5.47. The number of nitrogens with one attached hydrogen (secondary N) is 1. The van der Waals surface area contributed by atoms with Gasteiger partial charge in [-0.3, -0.25) is 33.9 Å². The van der Waals surface area contributed by atoms with Crippen molar-refractivity contribution in [3.05, 3.63) is 79.9 Å². The van der Waals surface area contributed by atoms with E-state index >= 15 is 0 Å². The molecule has 0 saturated heterocycles. The fourth-order valence-corrected chi connectivity index (χ4v) is 5.79. The van der Waals surface area contributed by atoms with Crippen molar-refractivity contribution >= 4 is 56.7 Å². The molecule has 0 aliphatic rings. The van der Waals surface area contributed by atoms with Gasteiger partial charge < -0.3 is 30.7 Å². The lowest BCUT2D eigenvalue weighted by molar-refractivity contribution is -0.384. The first-order valence-corrected chi connectivity index (χ1v) is 16.6. The molecule has 270 valence electrons. The summed E-state index contributed by atoms with van der Waals surface area (Å²) < 4.78 is 18.8. The number of nitro benzene ring substituents is 1. The number of aryl methyl sites for hydroxylation is 2. The summed E-state index contributed by atoms with van der Waals surface area (Å²) in [6.45, 7) is 8.93. The average molecular weight is 723 g/mol. The number of thiazole rings is 1. The number of nitro groups is 1. The smallest absolute Gasteiger partial charge is 0.317 e. The Hall–Kier alpha value is -5.91. The highest BCUT2D eigenvalue weighted by molar-refractivity contribution is 7.16. The molecule has 3 amide bonds. The second-order valence-corrected chi connectivity index (χ2v) is 13.1. The van der Waals surface area contributed by atoms with E-state index < -0.39 is 39.9 Å². The van der Waals surface area contributed by atoms with E-state index in [2.05, 4.69) is 20.3 Å². The molecule has 3 aromatic heterocycles. The largest absolute Gasteiger partial charge is 0.491 e. The lowest BCUT2D eigenvalue weighted by Gasteiger charge is -2.19. The molecule has 0 spiro atoms. The molecule has 5 N–H and O–H groups in total. The molecule has 3 heterocycles. The zero-order valence-electron chi connectivity index (χ0n) is 28.7. The third kappa shape index (κ3) is 9.84. The second kappa shape index (κ2) is 16.2. The number of primary amides is 2. The lowest BCUT2D eigenvalue weighted by Crippen LogP contribution is -2.24. The summed E-state index contributed by atoms with van der Waals surface area (Å²) in [5.41, 5.74) is 10.7. The Bertz CT molecular complexity index is 2090. The Morgan fingerprint density at radius 2 is 1.86 bits per heavy atom. The van der Waals surface area contributed by atoms with Gasteiger partial charge in [0.1, 0.15) is 11.4 Å². The quantitative estimate of drug-likeness (QED) is 0.0518. The molecule has 18 heteroatoms. The molecule has 0 aliphatic heterocycles. The van der Waals surface area contributed by atoms with Crippen molar-refractivity contribution < 1.29 is 38.0 Å². The number of ether oxygens (including phenoxy) is 2. The summed E-state index contributed by atoms with van der Waals surface area (Å²) in [5.74, 6) is -2.27. The van der Waals surface area contributed by atoms with Crippen molar-refractivity contribution in [3.63, 3.8) is 0 Å². The van der Waals surface area contributed by atoms with Gasteiger partial charge >= 0.3 is 11.9 Å². The molecule has 51 heavy (non-hydrogen) atoms. The SMILES string of the molecule is CCc1nc(C)oc1C(=O)N=c1sc2cc(C(N)=O)cnc2n1C/C=C/CNc1c(OCCCC(=O)OC(C)(C)C)cc(C(N)=O)cc1[N+](=O)[O-]. The van der Waals surface area contributed by atoms with Crippen LogP contribution in [0.15, 0.2) is 46.0 Å². The molecule has 0 aliphatic carbocycles. The molecule has 17 nitrogen and oxygen atoms in total. The number of pyridine rings is 1. The van der Waals surface area contributed by atoms with E-state index in [4.69, 9.17) is 25.4 Å². The highest BCUT2D eigenvalue weighted by Gasteiger charge is 2.23. The Kier molecular flexibility index (Phi) is 12.0. The number of carbonyl (C=O) groups excluding carboxylic acids is 4. The number of allylic oxidation sites excluding steroid dienone is 1. The summed E-state index contributed by atoms with van der Waals surface area (Å²) in [4.78, 5) is 73.5. The summed E-state index contributed by atoms with van der Waals surface area (Å²) in [5, 5.41) is 15.0. The molecule has 1 aromatic carbocycles. The number of carbonyl (C=O) groups is 4. The van der Waals surface area contributed by atoms with E-state index in [-0.39, 0.29) is 65.7 Å². The number of rotatable bonds is 15. The van der Waals surface area contributed by atoms with Crippen molar-refractivity contribution in [3.8, 4) is 5.75 Å². The standard InChI is InChI=1S/C33H38N8O9S/c1-6-21-27(49-18(2)38-21)31(45)39-32-40(30-24(51-32)16-20(17-37-30)29(35)44)12-8-7-11-36-26-22(41(46)47)14-19(28(34)43)15-23(26)48-13-9-10-25(42)50-33(3,4)5/h7-8,14-17,36H,6,9-13H2,1-5H3,(H2,34,43)(H2,35,44)/b8-7+,39-32?. The zero-order valence-corrected chi connectivity index (χ0v) is 29.5. The van der Waals surface area contributed by atoms with Gasteiger partial charge in [0, 0.05) is 44.3 Å². The van der Waals surface area contributed by atoms with Crippen molar-refractivity contribution in [2.24, 2.45) is 16.5 Å². The van der Waals surface area contributed by atoms with Crippen molar-refractivity contribution in [1.82, 2.24) is 14.5 Å². The van der Waals surface area contributed by atoms with Crippen LogP contribution in [0.2, 0.25) is 0 Å². The Morgan fingerprint density at radius 3 is 2.51 bits per heavy atom. The van der Waals surface area contributed by atoms with Gasteiger partial charge in [-0.15, -0.1) is 0 Å². The number of benzene rings is 1. The highest BCUT2D eigenvalue weighted by atomic mass is 32.1. The van der Waals surface area contributed by atoms with Crippen LogP contribution in [0.4, 0.5) is 11.4 Å². The minimum absolute atomic E-state index is 0.00283. The highest BCUT2D eigenvalue weighted by Crippen LogP contribution is 2.36. The molecule has 4 aromatic rings. The van der Waals surface area contributed by atoms with Crippen LogP contribution in [0.25, 0.3) is 10.3 Å². The maximum Gasteiger partial charge on any atom is 0.317 e. The van der Waals surface area contributed by atoms with Crippen LogP contribution in [-0.4, -0.2) is 61.9 Å². The van der Waals surface area contributed by atoms with Crippen LogP contribution in [0.1, 0.15) is 83.4 Å². The van der Waals surface area contributed by atoms with Crippen molar-refractivity contribution in [2.75, 3.05) is 18.5 Å². The predicted molar refractivity (Wildman–Crippen MR) is 186 cm³/mol. The molecule has 0 unspecified atom stereocenters. The lowest BCUT2D eigenvalue weighted by atomic mass is 10.1. The van der Waals surface area contributed by atoms with Crippen LogP contribution in [-0.2, 0) is 22.5 Å². The van der Waals surface area contributed by atoms with Gasteiger partial charge in [0.05, 0.1) is 27.5 Å². The summed E-state index contributed by atoms with van der Waals surface area (Å²) in [7, 11) is 0. The van der Waals surface area contributed by atoms with Gasteiger partial charge in [-0.1, -0.05) is 30.4 Å². The number of nitrogens with zero attached hydrogens (tertiary/aromatic N) is 5. The molecule has 0 radical (unpaired) electrons. The van der Waals surface area contributed by atoms with Gasteiger partial charge in [0.2, 0.25) is 17.6 Å². The summed E-state index contributed by atoms with van der Waals surface area (Å²) >= 11 is 1.12. The third-order valence-corrected chi connectivity index (χ3v) is 7.97. The average Bonchev–Trinajstić information content (AvgIpc) is 3.60. The van der Waals surface area contributed by atoms with E-state index in [1.165, 1.54) is 12.3 Å². The monoisotopic (exact) mass is 722 g/mol. The van der Waals surface area contributed by atoms with Crippen LogP contribution < -0.4 is 26.3 Å². The van der Waals surface area contributed by atoms with Crippen molar-refractivity contribution in [2.45, 2.75) is 66.0 Å². The molecule has 0 fully saturated rings. The zero-order chi connectivity index (χ0) is 37.5. The van der Waals surface area contributed by atoms with E-state index in [0.29, 0.717) is 28.4 Å². The van der Waals surface area contributed by atoms with E-state index in [1.807, 2.05) is 6.92 Å². The molecular weight excluding hydrogens is 684 g/mol. The van der Waals surface area contributed by atoms with Crippen LogP contribution in [0, 0.1) is 17.0 Å². The third-order valence-electron chi connectivity index (χ3n) is 6.95. The number of hydrogen-bond donors (Lipinski definition) is 3. The van der Waals surface area contributed by atoms with Crippen LogP contribution in [0.5, 0.6) is 5.75 Å². The van der Waals surface area contributed by atoms with E-state index in [1.54, 1.807) is 50.5 Å². The maximum absolute atomic E-state index is 13.2. The predicted octanol–water partition coefficient (Wildman–Crippen LogP) is 3.97. The Labute approximate surface area is 295 Å². The van der Waals surface area contributed by atoms with Gasteiger partial charge in [-0.25, -0.2) is 9.97 Å². The van der Waals surface area contributed by atoms with Gasteiger partial charge in [-0.2, -0.15) is 4.99 Å². The number of oxazole rings is 1. The van der Waals surface area contributed by atoms with Crippen LogP contribution >= 0.6 is 11.3 Å². The molecule has 0 saturated carbocycles. The first-order valence-electron chi connectivity index (χ1n) is 15.8. The molecular formula is C33H38N8O9S.